The lowest BCUT2D eigenvalue weighted by Gasteiger charge is -2.30. The quantitative estimate of drug-likeness (QED) is 0.518. The van der Waals surface area contributed by atoms with Gasteiger partial charge in [0.05, 0.1) is 6.10 Å². The minimum atomic E-state index is -0.539. The van der Waals surface area contributed by atoms with E-state index in [1.807, 2.05) is 36.4 Å². The first-order valence-corrected chi connectivity index (χ1v) is 10.7. The summed E-state index contributed by atoms with van der Waals surface area (Å²) in [6.07, 6.45) is 1.71. The third-order valence-corrected chi connectivity index (χ3v) is 5.59. The number of aliphatic hydroxyl groups excluding tert-OH is 2. The molecular weight excluding hydrogens is 388 g/mol. The number of benzene rings is 2. The number of piperidine rings is 1. The molecule has 3 rings (SSSR count). The molecule has 1 heterocycles. The van der Waals surface area contributed by atoms with E-state index in [1.54, 1.807) is 0 Å². The maximum absolute atomic E-state index is 10.2. The van der Waals surface area contributed by atoms with Gasteiger partial charge in [-0.05, 0) is 55.1 Å². The fourth-order valence-corrected chi connectivity index (χ4v) is 3.78. The third-order valence-electron chi connectivity index (χ3n) is 5.22. The predicted molar refractivity (Wildman–Crippen MR) is 116 cm³/mol. The molecule has 158 valence electrons. The van der Waals surface area contributed by atoms with Crippen molar-refractivity contribution in [2.75, 3.05) is 32.8 Å². The molecule has 1 atom stereocenters. The van der Waals surface area contributed by atoms with E-state index in [2.05, 4.69) is 22.3 Å². The van der Waals surface area contributed by atoms with Gasteiger partial charge in [0.1, 0.15) is 18.5 Å². The Hall–Kier alpha value is -1.63. The van der Waals surface area contributed by atoms with Crippen LogP contribution >= 0.6 is 11.6 Å². The molecule has 1 aliphatic rings. The maximum atomic E-state index is 10.2. The topological polar surface area (TPSA) is 65.0 Å². The number of aliphatic hydroxyl groups is 2. The molecule has 0 bridgehead atoms. The molecule has 3 N–H and O–H groups in total. The SMILES string of the molecule is OC1CCN(C[C@H](O)COc2cccc(CNCCc3ccccc3Cl)c2)CC1. The van der Waals surface area contributed by atoms with Crippen LogP contribution in [0.2, 0.25) is 5.02 Å². The average molecular weight is 419 g/mol. The Morgan fingerprint density at radius 3 is 2.72 bits per heavy atom. The second-order valence-electron chi connectivity index (χ2n) is 7.66. The Balaban J connectivity index is 1.37. The smallest absolute Gasteiger partial charge is 0.119 e. The van der Waals surface area contributed by atoms with Crippen molar-refractivity contribution in [1.82, 2.24) is 10.2 Å². The third kappa shape index (κ3) is 7.61. The molecule has 29 heavy (non-hydrogen) atoms. The van der Waals surface area contributed by atoms with Gasteiger partial charge >= 0.3 is 0 Å². The summed E-state index contributed by atoms with van der Waals surface area (Å²) in [5, 5.41) is 24.1. The predicted octanol–water partition coefficient (Wildman–Crippen LogP) is 2.87. The van der Waals surface area contributed by atoms with Crippen LogP contribution in [-0.4, -0.2) is 60.1 Å². The number of β-amino-alcohol motifs (C(OH)–C–C–N with tert-alkyl or cyclic N) is 1. The molecule has 5 nitrogen and oxygen atoms in total. The van der Waals surface area contributed by atoms with Crippen LogP contribution in [0, 0.1) is 0 Å². The standard InChI is InChI=1S/C23H31ClN2O3/c24-23-7-2-1-5-19(23)8-11-25-15-18-4-3-6-22(14-18)29-17-21(28)16-26-12-9-20(27)10-13-26/h1-7,14,20-21,25,27-28H,8-13,15-17H2/t21-/m0/s1. The normalized spacial score (nSPS) is 16.7. The molecule has 1 saturated heterocycles. The highest BCUT2D eigenvalue weighted by molar-refractivity contribution is 6.31. The van der Waals surface area contributed by atoms with Crippen LogP contribution in [0.4, 0.5) is 0 Å². The highest BCUT2D eigenvalue weighted by Crippen LogP contribution is 2.16. The molecule has 1 fully saturated rings. The van der Waals surface area contributed by atoms with Gasteiger partial charge in [0.15, 0.2) is 0 Å². The van der Waals surface area contributed by atoms with E-state index in [4.69, 9.17) is 16.3 Å². The zero-order chi connectivity index (χ0) is 20.5. The number of hydrogen-bond donors (Lipinski definition) is 3. The van der Waals surface area contributed by atoms with E-state index in [-0.39, 0.29) is 12.7 Å². The molecule has 0 radical (unpaired) electrons. The van der Waals surface area contributed by atoms with Gasteiger partial charge < -0.3 is 25.2 Å². The van der Waals surface area contributed by atoms with Gasteiger partial charge in [-0.3, -0.25) is 0 Å². The first kappa shape index (κ1) is 22.1. The lowest BCUT2D eigenvalue weighted by atomic mass is 10.1. The Morgan fingerprint density at radius 2 is 1.93 bits per heavy atom. The number of nitrogens with one attached hydrogen (secondary N) is 1. The maximum Gasteiger partial charge on any atom is 0.119 e. The fourth-order valence-electron chi connectivity index (χ4n) is 3.55. The van der Waals surface area contributed by atoms with Crippen LogP contribution in [0.3, 0.4) is 0 Å². The van der Waals surface area contributed by atoms with Gasteiger partial charge in [-0.2, -0.15) is 0 Å². The summed E-state index contributed by atoms with van der Waals surface area (Å²) in [5.74, 6) is 0.767. The van der Waals surface area contributed by atoms with Gasteiger partial charge in [-0.15, -0.1) is 0 Å². The lowest BCUT2D eigenvalue weighted by Crippen LogP contribution is -2.41. The highest BCUT2D eigenvalue weighted by Gasteiger charge is 2.19. The van der Waals surface area contributed by atoms with E-state index in [1.165, 1.54) is 0 Å². The zero-order valence-corrected chi connectivity index (χ0v) is 17.5. The summed E-state index contributed by atoms with van der Waals surface area (Å²) in [6.45, 7) is 4.10. The summed E-state index contributed by atoms with van der Waals surface area (Å²) < 4.78 is 5.79. The Bertz CT molecular complexity index is 750. The van der Waals surface area contributed by atoms with Crippen LogP contribution in [0.1, 0.15) is 24.0 Å². The summed E-state index contributed by atoms with van der Waals surface area (Å²) in [7, 11) is 0. The van der Waals surface area contributed by atoms with E-state index < -0.39 is 6.10 Å². The fraction of sp³-hybridized carbons (Fsp3) is 0.478. The molecule has 0 aromatic heterocycles. The number of rotatable bonds is 10. The second-order valence-corrected chi connectivity index (χ2v) is 8.07. The monoisotopic (exact) mass is 418 g/mol. The van der Waals surface area contributed by atoms with Crippen molar-refractivity contribution in [3.63, 3.8) is 0 Å². The van der Waals surface area contributed by atoms with Crippen LogP contribution in [-0.2, 0) is 13.0 Å². The molecule has 2 aromatic rings. The Kier molecular flexibility index (Phi) is 8.77. The summed E-state index contributed by atoms with van der Waals surface area (Å²) in [6, 6.07) is 15.9. The molecule has 0 unspecified atom stereocenters. The minimum Gasteiger partial charge on any atom is -0.491 e. The molecule has 2 aromatic carbocycles. The summed E-state index contributed by atoms with van der Waals surface area (Å²) in [5.41, 5.74) is 2.29. The van der Waals surface area contributed by atoms with Crippen molar-refractivity contribution < 1.29 is 14.9 Å². The Labute approximate surface area is 178 Å². The number of likely N-dealkylation sites (tertiary alicyclic amines) is 1. The van der Waals surface area contributed by atoms with Crippen molar-refractivity contribution >= 4 is 11.6 Å². The van der Waals surface area contributed by atoms with Crippen molar-refractivity contribution in [2.24, 2.45) is 0 Å². The van der Waals surface area contributed by atoms with Gasteiger partial charge in [-0.1, -0.05) is 41.9 Å². The summed E-state index contributed by atoms with van der Waals surface area (Å²) in [4.78, 5) is 2.18. The first-order valence-electron chi connectivity index (χ1n) is 10.3. The average Bonchev–Trinajstić information content (AvgIpc) is 2.73. The van der Waals surface area contributed by atoms with E-state index in [0.717, 1.165) is 67.3 Å². The molecule has 0 spiro atoms. The molecule has 6 heteroatoms. The van der Waals surface area contributed by atoms with Crippen molar-refractivity contribution in [2.45, 2.75) is 38.0 Å². The lowest BCUT2D eigenvalue weighted by molar-refractivity contribution is 0.0337. The summed E-state index contributed by atoms with van der Waals surface area (Å²) >= 11 is 6.19. The zero-order valence-electron chi connectivity index (χ0n) is 16.8. The molecule has 0 saturated carbocycles. The minimum absolute atomic E-state index is 0.194. The van der Waals surface area contributed by atoms with E-state index >= 15 is 0 Å². The van der Waals surface area contributed by atoms with Gasteiger partial charge in [-0.25, -0.2) is 0 Å². The van der Waals surface area contributed by atoms with Crippen molar-refractivity contribution in [3.05, 3.63) is 64.7 Å². The number of hydrogen-bond acceptors (Lipinski definition) is 5. The van der Waals surface area contributed by atoms with Crippen molar-refractivity contribution in [1.29, 1.82) is 0 Å². The molecule has 0 amide bonds. The number of nitrogens with zero attached hydrogens (tertiary/aromatic N) is 1. The van der Waals surface area contributed by atoms with E-state index in [0.29, 0.717) is 6.54 Å². The number of ether oxygens (including phenoxy) is 1. The highest BCUT2D eigenvalue weighted by atomic mass is 35.5. The van der Waals surface area contributed by atoms with Gasteiger partial charge in [0.25, 0.3) is 0 Å². The first-order chi connectivity index (χ1) is 14.1. The Morgan fingerprint density at radius 1 is 1.14 bits per heavy atom. The largest absolute Gasteiger partial charge is 0.491 e. The van der Waals surface area contributed by atoms with Gasteiger partial charge in [0.2, 0.25) is 0 Å². The van der Waals surface area contributed by atoms with Crippen LogP contribution in [0.25, 0.3) is 0 Å². The van der Waals surface area contributed by atoms with Crippen LogP contribution < -0.4 is 10.1 Å². The van der Waals surface area contributed by atoms with Gasteiger partial charge in [0, 0.05) is 31.2 Å². The molecule has 0 aliphatic carbocycles. The second kappa shape index (κ2) is 11.5. The molecular formula is C23H31ClN2O3. The molecule has 1 aliphatic heterocycles. The van der Waals surface area contributed by atoms with E-state index in [9.17, 15) is 10.2 Å². The van der Waals surface area contributed by atoms with Crippen LogP contribution in [0.15, 0.2) is 48.5 Å². The van der Waals surface area contributed by atoms with Crippen LogP contribution in [0.5, 0.6) is 5.75 Å². The number of halogens is 1. The van der Waals surface area contributed by atoms with Crippen molar-refractivity contribution in [3.8, 4) is 5.75 Å².